The highest BCUT2D eigenvalue weighted by atomic mass is 15.0. The van der Waals surface area contributed by atoms with E-state index in [0.29, 0.717) is 0 Å². The maximum atomic E-state index is 5.25. The number of aromatic nitrogens is 3. The third kappa shape index (κ3) is 5.51. The van der Waals surface area contributed by atoms with Crippen LogP contribution in [0.5, 0.6) is 0 Å². The van der Waals surface area contributed by atoms with Gasteiger partial charge in [0.1, 0.15) is 0 Å². The Morgan fingerprint density at radius 2 is 0.831 bits per heavy atom. The molecule has 0 aliphatic rings. The van der Waals surface area contributed by atoms with Crippen molar-refractivity contribution in [1.82, 2.24) is 14.5 Å². The van der Waals surface area contributed by atoms with E-state index < -0.39 is 0 Å². The van der Waals surface area contributed by atoms with Crippen molar-refractivity contribution in [3.05, 3.63) is 212 Å². The fraction of sp³-hybridized carbons (Fsp3) is 0. The zero-order valence-corrected chi connectivity index (χ0v) is 32.0. The first-order valence-electron chi connectivity index (χ1n) is 20.1. The molecule has 0 bridgehead atoms. The van der Waals surface area contributed by atoms with Crippen LogP contribution < -0.4 is 0 Å². The van der Waals surface area contributed by atoms with Crippen LogP contribution in [0.4, 0.5) is 0 Å². The summed E-state index contributed by atoms with van der Waals surface area (Å²) < 4.78 is 2.41. The van der Waals surface area contributed by atoms with E-state index >= 15 is 0 Å². The minimum atomic E-state index is 0.863. The number of hydrogen-bond acceptors (Lipinski definition) is 2. The van der Waals surface area contributed by atoms with Gasteiger partial charge in [0.15, 0.2) is 0 Å². The molecule has 0 radical (unpaired) electrons. The molecule has 0 unspecified atom stereocenters. The molecular formula is C56H35N3. The van der Waals surface area contributed by atoms with Gasteiger partial charge in [0.2, 0.25) is 0 Å². The number of hydrogen-bond donors (Lipinski definition) is 0. The van der Waals surface area contributed by atoms with Crippen LogP contribution in [-0.2, 0) is 0 Å². The Morgan fingerprint density at radius 3 is 1.56 bits per heavy atom. The summed E-state index contributed by atoms with van der Waals surface area (Å²) in [5.74, 6) is 0. The summed E-state index contributed by atoms with van der Waals surface area (Å²) in [6.45, 7) is 0. The Hall–Kier alpha value is -7.88. The second kappa shape index (κ2) is 13.4. The van der Waals surface area contributed by atoms with E-state index in [2.05, 4.69) is 211 Å². The highest BCUT2D eigenvalue weighted by Gasteiger charge is 2.15. The molecule has 0 spiro atoms. The number of nitrogens with zero attached hydrogens (tertiary/aromatic N) is 3. The predicted molar refractivity (Wildman–Crippen MR) is 248 cm³/mol. The van der Waals surface area contributed by atoms with Gasteiger partial charge in [0.25, 0.3) is 0 Å². The monoisotopic (exact) mass is 749 g/mol. The quantitative estimate of drug-likeness (QED) is 0.164. The van der Waals surface area contributed by atoms with E-state index in [1.165, 1.54) is 71.3 Å². The normalized spacial score (nSPS) is 11.7. The predicted octanol–water partition coefficient (Wildman–Crippen LogP) is 14.9. The fourth-order valence-electron chi connectivity index (χ4n) is 9.10. The molecular weight excluding hydrogens is 715 g/mol. The van der Waals surface area contributed by atoms with Crippen molar-refractivity contribution in [2.45, 2.75) is 0 Å². The summed E-state index contributed by atoms with van der Waals surface area (Å²) in [4.78, 5) is 10.3. The molecule has 0 aliphatic carbocycles. The van der Waals surface area contributed by atoms with Gasteiger partial charge in [-0.25, -0.2) is 4.98 Å². The zero-order valence-electron chi connectivity index (χ0n) is 32.0. The summed E-state index contributed by atoms with van der Waals surface area (Å²) >= 11 is 0. The van der Waals surface area contributed by atoms with Crippen molar-refractivity contribution in [1.29, 1.82) is 0 Å². The molecule has 3 heteroatoms. The third-order valence-electron chi connectivity index (χ3n) is 12.0. The number of fused-ring (bicyclic) bond motifs is 10. The second-order valence-corrected chi connectivity index (χ2v) is 15.4. The second-order valence-electron chi connectivity index (χ2n) is 15.4. The number of benzene rings is 10. The van der Waals surface area contributed by atoms with Gasteiger partial charge < -0.3 is 4.57 Å². The van der Waals surface area contributed by atoms with Crippen LogP contribution in [0.2, 0.25) is 0 Å². The van der Waals surface area contributed by atoms with E-state index in [1.807, 2.05) is 6.20 Å². The van der Waals surface area contributed by atoms with Gasteiger partial charge in [-0.2, -0.15) is 0 Å². The molecule has 2 aromatic heterocycles. The van der Waals surface area contributed by atoms with Gasteiger partial charge in [-0.15, -0.1) is 0 Å². The highest BCUT2D eigenvalue weighted by Crippen LogP contribution is 2.38. The van der Waals surface area contributed by atoms with E-state index in [0.717, 1.165) is 44.2 Å². The summed E-state index contributed by atoms with van der Waals surface area (Å²) in [7, 11) is 0. The van der Waals surface area contributed by atoms with Crippen molar-refractivity contribution in [2.75, 3.05) is 0 Å². The third-order valence-corrected chi connectivity index (χ3v) is 12.0. The zero-order chi connectivity index (χ0) is 38.9. The van der Waals surface area contributed by atoms with Gasteiger partial charge >= 0.3 is 0 Å². The molecule has 0 fully saturated rings. The van der Waals surface area contributed by atoms with Crippen molar-refractivity contribution in [2.24, 2.45) is 0 Å². The van der Waals surface area contributed by atoms with Gasteiger partial charge in [-0.05, 0) is 91.3 Å². The lowest BCUT2D eigenvalue weighted by Gasteiger charge is -2.12. The van der Waals surface area contributed by atoms with Crippen molar-refractivity contribution in [3.8, 4) is 50.3 Å². The van der Waals surface area contributed by atoms with Gasteiger partial charge in [0, 0.05) is 32.8 Å². The Labute approximate surface area is 341 Å². The summed E-state index contributed by atoms with van der Waals surface area (Å²) in [5, 5.41) is 9.64. The van der Waals surface area contributed by atoms with Crippen LogP contribution >= 0.6 is 0 Å². The molecule has 0 amide bonds. The van der Waals surface area contributed by atoms with Crippen LogP contribution in [0.15, 0.2) is 212 Å². The molecule has 0 aliphatic heterocycles. The topological polar surface area (TPSA) is 30.7 Å². The van der Waals surface area contributed by atoms with E-state index in [-0.39, 0.29) is 0 Å². The summed E-state index contributed by atoms with van der Waals surface area (Å²) in [5.41, 5.74) is 14.4. The minimum Gasteiger partial charge on any atom is -0.309 e. The average Bonchev–Trinajstić information content (AvgIpc) is 3.65. The summed E-state index contributed by atoms with van der Waals surface area (Å²) in [6.07, 6.45) is 1.92. The number of para-hydroxylation sites is 1. The Morgan fingerprint density at radius 1 is 0.305 bits per heavy atom. The van der Waals surface area contributed by atoms with Crippen LogP contribution in [0.1, 0.15) is 0 Å². The van der Waals surface area contributed by atoms with E-state index in [4.69, 9.17) is 9.97 Å². The van der Waals surface area contributed by atoms with Gasteiger partial charge in [-0.1, -0.05) is 170 Å². The molecule has 0 atom stereocenters. The van der Waals surface area contributed by atoms with Crippen molar-refractivity contribution in [3.63, 3.8) is 0 Å². The Bertz CT molecular complexity index is 3580. The lowest BCUT2D eigenvalue weighted by atomic mass is 9.96. The molecule has 3 nitrogen and oxygen atoms in total. The maximum absolute atomic E-state index is 5.25. The Kier molecular flexibility index (Phi) is 7.54. The van der Waals surface area contributed by atoms with Crippen molar-refractivity contribution < 1.29 is 0 Å². The molecule has 59 heavy (non-hydrogen) atoms. The van der Waals surface area contributed by atoms with Crippen LogP contribution in [0.25, 0.3) is 115 Å². The van der Waals surface area contributed by atoms with Crippen LogP contribution in [-0.4, -0.2) is 14.5 Å². The van der Waals surface area contributed by atoms with Gasteiger partial charge in [0.05, 0.1) is 34.0 Å². The lowest BCUT2D eigenvalue weighted by molar-refractivity contribution is 1.19. The first-order chi connectivity index (χ1) is 29.2. The SMILES string of the molecule is c1cc(-c2ccc(-c3ccc4c5ccccc5n(-c5ccc6ccccc6c5)c4c3)cc2)cc(-c2cccc(-c3cnc4c5ccccc5c5ccccc5c4n3)c2)c1. The largest absolute Gasteiger partial charge is 0.309 e. The molecule has 0 N–H and O–H groups in total. The smallest absolute Gasteiger partial charge is 0.0979 e. The van der Waals surface area contributed by atoms with Crippen molar-refractivity contribution >= 4 is 65.2 Å². The molecule has 274 valence electrons. The molecule has 12 rings (SSSR count). The fourth-order valence-corrected chi connectivity index (χ4v) is 9.10. The van der Waals surface area contributed by atoms with Crippen LogP contribution in [0, 0.1) is 0 Å². The number of rotatable bonds is 5. The molecule has 2 heterocycles. The molecule has 0 saturated heterocycles. The minimum absolute atomic E-state index is 0.863. The average molecular weight is 750 g/mol. The highest BCUT2D eigenvalue weighted by molar-refractivity contribution is 6.23. The van der Waals surface area contributed by atoms with E-state index in [1.54, 1.807) is 0 Å². The molecule has 0 saturated carbocycles. The van der Waals surface area contributed by atoms with E-state index in [9.17, 15) is 0 Å². The summed E-state index contributed by atoms with van der Waals surface area (Å²) in [6, 6.07) is 74.4. The standard InChI is InChI=1S/C56H35N3/c1-2-12-42-33-45(29-27-36(42)11-1)59-53-22-8-7-19-48(53)49-30-28-43(34-54(49)59)38-25-23-37(24-26-38)39-13-9-14-40(31-39)41-15-10-16-44(32-41)52-35-57-55-50-20-5-3-17-46(50)47-18-4-6-21-51(47)56(55)58-52/h1-35H. The Balaban J connectivity index is 0.880. The van der Waals surface area contributed by atoms with Gasteiger partial charge in [-0.3, -0.25) is 4.98 Å². The van der Waals surface area contributed by atoms with Crippen LogP contribution in [0.3, 0.4) is 0 Å². The lowest BCUT2D eigenvalue weighted by Crippen LogP contribution is -1.94. The molecule has 12 aromatic rings. The molecule has 10 aromatic carbocycles. The maximum Gasteiger partial charge on any atom is 0.0979 e. The first-order valence-corrected chi connectivity index (χ1v) is 20.1. The first kappa shape index (κ1) is 33.3.